The molecule has 0 saturated carbocycles. The number of rotatable bonds is 9. The van der Waals surface area contributed by atoms with Gasteiger partial charge >= 0.3 is 5.97 Å². The molecule has 4 aromatic carbocycles. The highest BCUT2D eigenvalue weighted by molar-refractivity contribution is 8.04. The first kappa shape index (κ1) is 25.4. The number of carbonyl (C=O) groups excluding carboxylic acids is 2. The van der Waals surface area contributed by atoms with Gasteiger partial charge in [0.1, 0.15) is 15.9 Å². The van der Waals surface area contributed by atoms with Crippen LogP contribution in [-0.2, 0) is 9.53 Å². The van der Waals surface area contributed by atoms with Gasteiger partial charge in [-0.3, -0.25) is 14.9 Å². The summed E-state index contributed by atoms with van der Waals surface area (Å²) < 4.78 is 4.85. The Balaban J connectivity index is 1.97. The highest BCUT2D eigenvalue weighted by Gasteiger charge is 2.50. The van der Waals surface area contributed by atoms with Crippen LogP contribution in [-0.4, -0.2) is 24.7 Å². The molecule has 4 aromatic rings. The Morgan fingerprint density at radius 1 is 0.722 bits per heavy atom. The molecule has 0 fully saturated rings. The lowest BCUT2D eigenvalue weighted by molar-refractivity contribution is -0.137. The summed E-state index contributed by atoms with van der Waals surface area (Å²) in [5, 5.41) is 8.47. The summed E-state index contributed by atoms with van der Waals surface area (Å²) in [4.78, 5) is 25.5. The third-order valence-corrected chi connectivity index (χ3v) is 10.9. The molecule has 0 heterocycles. The molecule has 0 aliphatic rings. The Labute approximate surface area is 216 Å². The lowest BCUT2D eigenvalue weighted by Gasteiger charge is -2.29. The molecule has 0 unspecified atom stereocenters. The molecule has 4 rings (SSSR count). The average Bonchev–Trinajstić information content (AvgIpc) is 2.95. The molecule has 0 aliphatic carbocycles. The van der Waals surface area contributed by atoms with E-state index in [1.165, 1.54) is 18.9 Å². The van der Waals surface area contributed by atoms with Crippen molar-refractivity contribution in [2.75, 3.05) is 12.9 Å². The molecule has 0 saturated heterocycles. The maximum Gasteiger partial charge on any atom is 0.315 e. The Hall–Kier alpha value is -3.66. The number of nitrogens with one attached hydrogen (secondary N) is 1. The fraction of sp³-hybridized carbons (Fsp3) is 0.0667. The van der Waals surface area contributed by atoms with E-state index >= 15 is 0 Å². The second-order valence-electron chi connectivity index (χ2n) is 7.89. The topological polar surface area (TPSA) is 55.4 Å². The number of methoxy groups -OCH3 is 1. The normalized spacial score (nSPS) is 11.5. The Bertz CT molecular complexity index is 1220. The van der Waals surface area contributed by atoms with Crippen molar-refractivity contribution < 1.29 is 14.3 Å². The molecule has 0 aliphatic heterocycles. The summed E-state index contributed by atoms with van der Waals surface area (Å²) in [6.07, 6.45) is 0. The lowest BCUT2D eigenvalue weighted by atomic mass is 10.2. The van der Waals surface area contributed by atoms with Crippen LogP contribution in [0.15, 0.2) is 132 Å². The van der Waals surface area contributed by atoms with Gasteiger partial charge in [0.25, 0.3) is 5.91 Å². The molecule has 0 aromatic heterocycles. The van der Waals surface area contributed by atoms with E-state index in [1.54, 1.807) is 12.1 Å². The number of benzene rings is 4. The fourth-order valence-corrected chi connectivity index (χ4v) is 9.30. The van der Waals surface area contributed by atoms with Gasteiger partial charge in [-0.1, -0.05) is 72.8 Å². The monoisotopic (exact) mass is 512 g/mol. The third kappa shape index (κ3) is 5.59. The van der Waals surface area contributed by atoms with Gasteiger partial charge in [0.2, 0.25) is 0 Å². The zero-order valence-electron chi connectivity index (χ0n) is 19.9. The summed E-state index contributed by atoms with van der Waals surface area (Å²) in [6, 6.07) is 39.9. The van der Waals surface area contributed by atoms with Crippen LogP contribution in [0, 0.1) is 0 Å². The van der Waals surface area contributed by atoms with E-state index in [0.29, 0.717) is 5.56 Å². The standard InChI is InChI=1S/C30H26NO3PS/c1-34-29(32)23-36-22-28(31-30(33)24-14-6-2-7-15-24)35(25-16-8-3-9-17-25,26-18-10-4-11-19-26)27-20-12-5-13-21-27/h2-22H,23H2,1H3/p+1. The molecular formula is C30H27NO3PS+. The van der Waals surface area contributed by atoms with E-state index in [-0.39, 0.29) is 17.6 Å². The van der Waals surface area contributed by atoms with Crippen LogP contribution in [0.1, 0.15) is 10.4 Å². The number of esters is 1. The number of amides is 1. The van der Waals surface area contributed by atoms with Crippen LogP contribution in [0.25, 0.3) is 0 Å². The minimum Gasteiger partial charge on any atom is -0.468 e. The van der Waals surface area contributed by atoms with Gasteiger partial charge < -0.3 is 4.74 Å². The van der Waals surface area contributed by atoms with E-state index in [4.69, 9.17) is 4.74 Å². The maximum absolute atomic E-state index is 13.5. The molecule has 1 N–H and O–H groups in total. The van der Waals surface area contributed by atoms with Gasteiger partial charge in [-0.05, 0) is 48.5 Å². The van der Waals surface area contributed by atoms with E-state index in [9.17, 15) is 9.59 Å². The second-order valence-corrected chi connectivity index (χ2v) is 12.1. The molecule has 0 radical (unpaired) electrons. The first-order chi connectivity index (χ1) is 17.7. The van der Waals surface area contributed by atoms with Gasteiger partial charge in [0.05, 0.1) is 12.9 Å². The molecule has 0 bridgehead atoms. The molecule has 36 heavy (non-hydrogen) atoms. The first-order valence-corrected chi connectivity index (χ1v) is 14.3. The largest absolute Gasteiger partial charge is 0.468 e. The number of thioether (sulfide) groups is 1. The summed E-state index contributed by atoms with van der Waals surface area (Å²) in [7, 11) is -1.18. The van der Waals surface area contributed by atoms with Crippen molar-refractivity contribution in [1.29, 1.82) is 0 Å². The summed E-state index contributed by atoms with van der Waals surface area (Å²) in [5.41, 5.74) is 1.32. The smallest absolute Gasteiger partial charge is 0.315 e. The number of hydrogen-bond donors (Lipinski definition) is 1. The minimum atomic E-state index is -2.55. The highest BCUT2D eigenvalue weighted by atomic mass is 32.2. The number of ether oxygens (including phenoxy) is 1. The van der Waals surface area contributed by atoms with Crippen LogP contribution >= 0.6 is 19.0 Å². The predicted octanol–water partition coefficient (Wildman–Crippen LogP) is 5.12. The number of carbonyl (C=O) groups is 2. The maximum atomic E-state index is 13.5. The molecule has 0 spiro atoms. The summed E-state index contributed by atoms with van der Waals surface area (Å²) in [6.45, 7) is 0. The number of hydrogen-bond acceptors (Lipinski definition) is 4. The zero-order chi connectivity index (χ0) is 25.2. The lowest BCUT2D eigenvalue weighted by Crippen LogP contribution is -2.38. The first-order valence-electron chi connectivity index (χ1n) is 11.5. The fourth-order valence-electron chi connectivity index (χ4n) is 4.04. The molecule has 180 valence electrons. The van der Waals surface area contributed by atoms with Crippen molar-refractivity contribution in [2.24, 2.45) is 0 Å². The van der Waals surface area contributed by atoms with Crippen molar-refractivity contribution in [2.45, 2.75) is 0 Å². The van der Waals surface area contributed by atoms with Gasteiger partial charge in [0, 0.05) is 11.0 Å². The molecule has 0 atom stereocenters. The molecule has 6 heteroatoms. The van der Waals surface area contributed by atoms with E-state index in [2.05, 4.69) is 41.7 Å². The highest BCUT2D eigenvalue weighted by Crippen LogP contribution is 2.61. The van der Waals surface area contributed by atoms with Crippen LogP contribution in [0.5, 0.6) is 0 Å². The Morgan fingerprint density at radius 2 is 1.14 bits per heavy atom. The molecular weight excluding hydrogens is 485 g/mol. The quantitative estimate of drug-likeness (QED) is 0.250. The van der Waals surface area contributed by atoms with E-state index in [1.807, 2.05) is 78.2 Å². The summed E-state index contributed by atoms with van der Waals surface area (Å²) in [5.74, 6) is -0.389. The predicted molar refractivity (Wildman–Crippen MR) is 152 cm³/mol. The van der Waals surface area contributed by atoms with E-state index < -0.39 is 7.26 Å². The Kier molecular flexibility index (Phi) is 8.72. The van der Waals surface area contributed by atoms with Crippen LogP contribution < -0.4 is 21.2 Å². The van der Waals surface area contributed by atoms with Crippen LogP contribution in [0.3, 0.4) is 0 Å². The van der Waals surface area contributed by atoms with Gasteiger partial charge in [-0.15, -0.1) is 11.8 Å². The van der Waals surface area contributed by atoms with Crippen molar-refractivity contribution in [3.8, 4) is 0 Å². The van der Waals surface area contributed by atoms with Crippen LogP contribution in [0.4, 0.5) is 0 Å². The third-order valence-electron chi connectivity index (χ3n) is 5.69. The van der Waals surface area contributed by atoms with Gasteiger partial charge in [-0.25, -0.2) is 0 Å². The second kappa shape index (κ2) is 12.3. The minimum absolute atomic E-state index is 0.138. The zero-order valence-corrected chi connectivity index (χ0v) is 21.6. The molecule has 1 amide bonds. The van der Waals surface area contributed by atoms with Crippen LogP contribution in [0.2, 0.25) is 0 Å². The van der Waals surface area contributed by atoms with Crippen molar-refractivity contribution in [3.63, 3.8) is 0 Å². The van der Waals surface area contributed by atoms with Gasteiger partial charge in [0.15, 0.2) is 12.7 Å². The van der Waals surface area contributed by atoms with Crippen molar-refractivity contribution in [1.82, 2.24) is 5.32 Å². The van der Waals surface area contributed by atoms with Crippen molar-refractivity contribution in [3.05, 3.63) is 138 Å². The Morgan fingerprint density at radius 3 is 1.56 bits per heavy atom. The average molecular weight is 513 g/mol. The summed E-state index contributed by atoms with van der Waals surface area (Å²) >= 11 is 1.32. The van der Waals surface area contributed by atoms with Crippen molar-refractivity contribution >= 4 is 46.8 Å². The SMILES string of the molecule is COC(=O)CSC=C(NC(=O)c1ccccc1)[P+](c1ccccc1)(c1ccccc1)c1ccccc1. The molecule has 4 nitrogen and oxygen atoms in total. The van der Waals surface area contributed by atoms with E-state index in [0.717, 1.165) is 21.4 Å². The van der Waals surface area contributed by atoms with Gasteiger partial charge in [-0.2, -0.15) is 0 Å².